The topological polar surface area (TPSA) is 58.0 Å². The van der Waals surface area contributed by atoms with Crippen molar-refractivity contribution < 1.29 is 5.11 Å². The van der Waals surface area contributed by atoms with Crippen LogP contribution in [0.3, 0.4) is 0 Å². The molecular weight excluding hydrogens is 210 g/mol. The lowest BCUT2D eigenvalue weighted by Gasteiger charge is -2.19. The molecule has 74 valence electrons. The molecule has 0 saturated carbocycles. The molecule has 1 aromatic heterocycles. The maximum absolute atomic E-state index is 9.04. The average Bonchev–Trinajstić information content (AvgIpc) is 2.46. The lowest BCUT2D eigenvalue weighted by atomic mass is 10.1. The highest BCUT2D eigenvalue weighted by atomic mass is 35.5. The minimum absolute atomic E-state index is 0.0265. The number of aromatic nitrogens is 2. The van der Waals surface area contributed by atoms with Crippen LogP contribution in [0.5, 0.6) is 0 Å². The number of nitrogens with one attached hydrogen (secondary N) is 1. The lowest BCUT2D eigenvalue weighted by molar-refractivity contribution is 0.249. The first-order chi connectivity index (χ1) is 6.15. The SMILES string of the molecule is CC(C)[C@@H](CO)Nc1nsnc1Cl. The Bertz CT molecular complexity index is 266. The first-order valence-electron chi connectivity index (χ1n) is 4.00. The zero-order valence-corrected chi connectivity index (χ0v) is 9.06. The molecule has 0 aromatic carbocycles. The number of rotatable bonds is 4. The van der Waals surface area contributed by atoms with E-state index in [2.05, 4.69) is 14.1 Å². The largest absolute Gasteiger partial charge is 0.394 e. The van der Waals surface area contributed by atoms with Gasteiger partial charge in [0.25, 0.3) is 0 Å². The van der Waals surface area contributed by atoms with Gasteiger partial charge in [-0.05, 0) is 5.92 Å². The summed E-state index contributed by atoms with van der Waals surface area (Å²) in [5.41, 5.74) is 0. The van der Waals surface area contributed by atoms with Gasteiger partial charge in [-0.15, -0.1) is 0 Å². The van der Waals surface area contributed by atoms with Gasteiger partial charge in [0.1, 0.15) is 0 Å². The summed E-state index contributed by atoms with van der Waals surface area (Å²) in [6.07, 6.45) is 0. The number of nitrogens with zero attached hydrogens (tertiary/aromatic N) is 2. The molecular formula is C7H12ClN3OS. The van der Waals surface area contributed by atoms with Crippen molar-refractivity contribution in [2.45, 2.75) is 19.9 Å². The molecule has 0 bridgehead atoms. The molecule has 0 aliphatic rings. The Labute approximate surface area is 86.3 Å². The molecule has 1 atom stereocenters. The number of hydrogen-bond acceptors (Lipinski definition) is 5. The third-order valence-corrected chi connectivity index (χ3v) is 2.66. The first kappa shape index (κ1) is 10.7. The van der Waals surface area contributed by atoms with Gasteiger partial charge in [-0.1, -0.05) is 25.4 Å². The quantitative estimate of drug-likeness (QED) is 0.812. The Kier molecular flexibility index (Phi) is 3.90. The molecule has 1 rings (SSSR count). The normalized spacial score (nSPS) is 13.3. The highest BCUT2D eigenvalue weighted by Gasteiger charge is 2.15. The molecule has 0 radical (unpaired) electrons. The third-order valence-electron chi connectivity index (χ3n) is 1.77. The smallest absolute Gasteiger partial charge is 0.186 e. The van der Waals surface area contributed by atoms with Crippen LogP contribution in [-0.4, -0.2) is 26.5 Å². The van der Waals surface area contributed by atoms with E-state index in [0.29, 0.717) is 16.9 Å². The summed E-state index contributed by atoms with van der Waals surface area (Å²) in [4.78, 5) is 0. The highest BCUT2D eigenvalue weighted by Crippen LogP contribution is 2.20. The Morgan fingerprint density at radius 1 is 1.54 bits per heavy atom. The molecule has 0 unspecified atom stereocenters. The lowest BCUT2D eigenvalue weighted by Crippen LogP contribution is -2.29. The van der Waals surface area contributed by atoms with Gasteiger partial charge in [0.15, 0.2) is 11.0 Å². The van der Waals surface area contributed by atoms with E-state index < -0.39 is 0 Å². The second-order valence-corrected chi connectivity index (χ2v) is 3.97. The van der Waals surface area contributed by atoms with Crippen molar-refractivity contribution in [2.24, 2.45) is 5.92 Å². The zero-order valence-electron chi connectivity index (χ0n) is 7.49. The fraction of sp³-hybridized carbons (Fsp3) is 0.714. The monoisotopic (exact) mass is 221 g/mol. The fourth-order valence-corrected chi connectivity index (χ4v) is 1.52. The van der Waals surface area contributed by atoms with Gasteiger partial charge in [0.2, 0.25) is 0 Å². The van der Waals surface area contributed by atoms with Crippen LogP contribution in [0.25, 0.3) is 0 Å². The summed E-state index contributed by atoms with van der Waals surface area (Å²) >= 11 is 6.79. The van der Waals surface area contributed by atoms with Crippen LogP contribution < -0.4 is 5.32 Å². The molecule has 0 fully saturated rings. The van der Waals surface area contributed by atoms with Crippen molar-refractivity contribution in [3.05, 3.63) is 5.15 Å². The molecule has 1 heterocycles. The summed E-state index contributed by atoms with van der Waals surface area (Å²) in [6.45, 7) is 4.09. The van der Waals surface area contributed by atoms with Crippen LogP contribution >= 0.6 is 23.3 Å². The van der Waals surface area contributed by atoms with E-state index in [1.807, 2.05) is 13.8 Å². The zero-order chi connectivity index (χ0) is 9.84. The minimum Gasteiger partial charge on any atom is -0.394 e. The molecule has 0 amide bonds. The average molecular weight is 222 g/mol. The molecule has 13 heavy (non-hydrogen) atoms. The number of aliphatic hydroxyl groups excluding tert-OH is 1. The Hall–Kier alpha value is -0.390. The first-order valence-corrected chi connectivity index (χ1v) is 5.11. The predicted octanol–water partition coefficient (Wildman–Crippen LogP) is 1.62. The van der Waals surface area contributed by atoms with Crippen molar-refractivity contribution in [1.29, 1.82) is 0 Å². The molecule has 4 nitrogen and oxygen atoms in total. The minimum atomic E-state index is -0.0265. The van der Waals surface area contributed by atoms with E-state index in [-0.39, 0.29) is 12.6 Å². The predicted molar refractivity (Wildman–Crippen MR) is 54.3 cm³/mol. The summed E-state index contributed by atoms with van der Waals surface area (Å²) in [5, 5.41) is 12.4. The van der Waals surface area contributed by atoms with Gasteiger partial charge >= 0.3 is 0 Å². The maximum Gasteiger partial charge on any atom is 0.186 e. The summed E-state index contributed by atoms with van der Waals surface area (Å²) < 4.78 is 7.78. The van der Waals surface area contributed by atoms with Crippen LogP contribution in [0.4, 0.5) is 5.82 Å². The molecule has 0 aliphatic heterocycles. The van der Waals surface area contributed by atoms with E-state index in [1.165, 1.54) is 0 Å². The summed E-state index contributed by atoms with van der Waals surface area (Å²) in [7, 11) is 0. The van der Waals surface area contributed by atoms with Crippen LogP contribution in [0, 0.1) is 5.92 Å². The number of hydrogen-bond donors (Lipinski definition) is 2. The molecule has 2 N–H and O–H groups in total. The van der Waals surface area contributed by atoms with Gasteiger partial charge in [-0.2, -0.15) is 8.75 Å². The highest BCUT2D eigenvalue weighted by molar-refractivity contribution is 6.99. The molecule has 6 heteroatoms. The van der Waals surface area contributed by atoms with Gasteiger partial charge in [0.05, 0.1) is 24.4 Å². The van der Waals surface area contributed by atoms with E-state index in [4.69, 9.17) is 16.7 Å². The van der Waals surface area contributed by atoms with Crippen molar-refractivity contribution in [1.82, 2.24) is 8.75 Å². The van der Waals surface area contributed by atoms with Gasteiger partial charge in [0, 0.05) is 0 Å². The van der Waals surface area contributed by atoms with Crippen molar-refractivity contribution >= 4 is 29.1 Å². The molecule has 1 aromatic rings. The maximum atomic E-state index is 9.04. The van der Waals surface area contributed by atoms with Crippen LogP contribution in [0.1, 0.15) is 13.8 Å². The van der Waals surface area contributed by atoms with E-state index in [1.54, 1.807) is 0 Å². The van der Waals surface area contributed by atoms with Crippen LogP contribution in [0.2, 0.25) is 5.15 Å². The van der Waals surface area contributed by atoms with Gasteiger partial charge in [-0.25, -0.2) is 0 Å². The Balaban J connectivity index is 2.62. The van der Waals surface area contributed by atoms with Gasteiger partial charge in [-0.3, -0.25) is 0 Å². The molecule has 0 saturated heterocycles. The standard InChI is InChI=1S/C7H12ClN3OS/c1-4(2)5(3-12)9-7-6(8)10-13-11-7/h4-5,12H,3H2,1-2H3,(H,9,11)/t5-/m1/s1. The van der Waals surface area contributed by atoms with Crippen molar-refractivity contribution in [3.63, 3.8) is 0 Å². The van der Waals surface area contributed by atoms with Crippen molar-refractivity contribution in [2.75, 3.05) is 11.9 Å². The fourth-order valence-electron chi connectivity index (χ4n) is 0.863. The van der Waals surface area contributed by atoms with Crippen molar-refractivity contribution in [3.8, 4) is 0 Å². The van der Waals surface area contributed by atoms with E-state index in [0.717, 1.165) is 11.7 Å². The second kappa shape index (κ2) is 4.74. The number of aliphatic hydroxyl groups is 1. The second-order valence-electron chi connectivity index (χ2n) is 3.08. The van der Waals surface area contributed by atoms with E-state index in [9.17, 15) is 0 Å². The summed E-state index contributed by atoms with van der Waals surface area (Å²) in [6, 6.07) is -0.0265. The Morgan fingerprint density at radius 3 is 2.62 bits per heavy atom. The Morgan fingerprint density at radius 2 is 2.23 bits per heavy atom. The van der Waals surface area contributed by atoms with Gasteiger partial charge < -0.3 is 10.4 Å². The number of anilines is 1. The summed E-state index contributed by atoms with van der Waals surface area (Å²) in [5.74, 6) is 0.877. The van der Waals surface area contributed by atoms with E-state index >= 15 is 0 Å². The van der Waals surface area contributed by atoms with Crippen LogP contribution in [0.15, 0.2) is 0 Å². The molecule has 0 spiro atoms. The van der Waals surface area contributed by atoms with Crippen LogP contribution in [-0.2, 0) is 0 Å². The molecule has 0 aliphatic carbocycles. The third kappa shape index (κ3) is 2.79. The number of halogens is 1.